The highest BCUT2D eigenvalue weighted by atomic mass is 16.5. The molecule has 1 aliphatic heterocycles. The first-order valence-electron chi connectivity index (χ1n) is 7.95. The highest BCUT2D eigenvalue weighted by molar-refractivity contribution is 5.67. The van der Waals surface area contributed by atoms with Crippen molar-refractivity contribution in [3.05, 3.63) is 71.8 Å². The van der Waals surface area contributed by atoms with Crippen molar-refractivity contribution < 1.29 is 9.53 Å². The fourth-order valence-corrected chi connectivity index (χ4v) is 3.33. The maximum Gasteiger partial charge on any atom is 0.407 e. The number of nitrogens with one attached hydrogen (secondary N) is 2. The van der Waals surface area contributed by atoms with E-state index in [1.54, 1.807) is 0 Å². The number of hydrogen-bond acceptors (Lipinski definition) is 3. The number of methoxy groups -OCH3 is 1. The van der Waals surface area contributed by atoms with Crippen molar-refractivity contribution in [3.8, 4) is 0 Å². The van der Waals surface area contributed by atoms with Crippen molar-refractivity contribution in [1.82, 2.24) is 10.6 Å². The molecule has 2 N–H and O–H groups in total. The smallest absolute Gasteiger partial charge is 0.407 e. The Morgan fingerprint density at radius 3 is 2.17 bits per heavy atom. The lowest BCUT2D eigenvalue weighted by atomic mass is 9.84. The number of alkyl carbamates (subject to hydrolysis) is 1. The summed E-state index contributed by atoms with van der Waals surface area (Å²) in [7, 11) is 1.39. The third-order valence-electron chi connectivity index (χ3n) is 4.39. The number of carbonyl (C=O) groups excluding carboxylic acids is 1. The standard InChI is InChI=1S/C19H22N2O2/c1-23-19(22)21-16-12-17(20-13-16)18(14-8-4-2-5-9-14)15-10-6-3-7-11-15/h2-11,16-18,20H,12-13H2,1H3,(H,21,22). The molecule has 2 aromatic carbocycles. The Kier molecular flexibility index (Phi) is 4.93. The van der Waals surface area contributed by atoms with Crippen LogP contribution in [0.4, 0.5) is 4.79 Å². The van der Waals surface area contributed by atoms with Crippen LogP contribution >= 0.6 is 0 Å². The van der Waals surface area contributed by atoms with Gasteiger partial charge in [0.15, 0.2) is 0 Å². The summed E-state index contributed by atoms with van der Waals surface area (Å²) in [6, 6.07) is 21.4. The van der Waals surface area contributed by atoms with E-state index in [4.69, 9.17) is 4.74 Å². The van der Waals surface area contributed by atoms with E-state index in [0.29, 0.717) is 0 Å². The molecule has 0 saturated carbocycles. The van der Waals surface area contributed by atoms with Crippen molar-refractivity contribution in [1.29, 1.82) is 0 Å². The third kappa shape index (κ3) is 3.71. The molecule has 4 heteroatoms. The quantitative estimate of drug-likeness (QED) is 0.913. The van der Waals surface area contributed by atoms with Gasteiger partial charge in [-0.1, -0.05) is 60.7 Å². The van der Waals surface area contributed by atoms with Gasteiger partial charge in [0.1, 0.15) is 0 Å². The van der Waals surface area contributed by atoms with Gasteiger partial charge >= 0.3 is 6.09 Å². The number of hydrogen-bond donors (Lipinski definition) is 2. The number of rotatable bonds is 4. The van der Waals surface area contributed by atoms with Gasteiger partial charge in [0.2, 0.25) is 0 Å². The van der Waals surface area contributed by atoms with Crippen LogP contribution < -0.4 is 10.6 Å². The van der Waals surface area contributed by atoms with Crippen molar-refractivity contribution in [2.45, 2.75) is 24.4 Å². The van der Waals surface area contributed by atoms with Gasteiger partial charge in [0, 0.05) is 24.5 Å². The predicted molar refractivity (Wildman–Crippen MR) is 90.5 cm³/mol. The zero-order chi connectivity index (χ0) is 16.1. The van der Waals surface area contributed by atoms with Gasteiger partial charge in [0.05, 0.1) is 7.11 Å². The average molecular weight is 310 g/mol. The molecule has 0 bridgehead atoms. The summed E-state index contributed by atoms with van der Waals surface area (Å²) in [6.45, 7) is 0.760. The van der Waals surface area contributed by atoms with Gasteiger partial charge in [-0.2, -0.15) is 0 Å². The van der Waals surface area contributed by atoms with Crippen LogP contribution in [0.5, 0.6) is 0 Å². The Morgan fingerprint density at radius 1 is 1.09 bits per heavy atom. The van der Waals surface area contributed by atoms with Gasteiger partial charge in [-0.15, -0.1) is 0 Å². The van der Waals surface area contributed by atoms with Crippen LogP contribution in [0, 0.1) is 0 Å². The zero-order valence-electron chi connectivity index (χ0n) is 13.2. The number of ether oxygens (including phenoxy) is 1. The van der Waals surface area contributed by atoms with Gasteiger partial charge in [-0.25, -0.2) is 4.79 Å². The summed E-state index contributed by atoms with van der Waals surface area (Å²) in [6.07, 6.45) is 0.511. The Morgan fingerprint density at radius 2 is 1.65 bits per heavy atom. The Balaban J connectivity index is 1.81. The second-order valence-electron chi connectivity index (χ2n) is 5.88. The summed E-state index contributed by atoms with van der Waals surface area (Å²) in [4.78, 5) is 11.4. The lowest BCUT2D eigenvalue weighted by Crippen LogP contribution is -2.35. The van der Waals surface area contributed by atoms with Crippen LogP contribution in [-0.4, -0.2) is 31.8 Å². The SMILES string of the molecule is COC(=O)NC1CNC(C(c2ccccc2)c2ccccc2)C1. The monoisotopic (exact) mass is 310 g/mol. The van der Waals surface area contributed by atoms with Crippen molar-refractivity contribution >= 4 is 6.09 Å². The fourth-order valence-electron chi connectivity index (χ4n) is 3.33. The van der Waals surface area contributed by atoms with E-state index in [0.717, 1.165) is 13.0 Å². The largest absolute Gasteiger partial charge is 0.453 e. The van der Waals surface area contributed by atoms with Crippen molar-refractivity contribution in [2.75, 3.05) is 13.7 Å². The molecule has 1 fully saturated rings. The normalized spacial score (nSPS) is 20.4. The molecule has 0 aromatic heterocycles. The Labute approximate surface area is 136 Å². The minimum Gasteiger partial charge on any atom is -0.453 e. The Hall–Kier alpha value is -2.33. The molecule has 2 aromatic rings. The van der Waals surface area contributed by atoms with Crippen LogP contribution in [0.2, 0.25) is 0 Å². The van der Waals surface area contributed by atoms with Crippen molar-refractivity contribution in [3.63, 3.8) is 0 Å². The molecule has 23 heavy (non-hydrogen) atoms. The molecule has 1 aliphatic rings. The van der Waals surface area contributed by atoms with E-state index < -0.39 is 0 Å². The van der Waals surface area contributed by atoms with E-state index in [2.05, 4.69) is 59.2 Å². The lowest BCUT2D eigenvalue weighted by molar-refractivity contribution is 0.167. The number of carbonyl (C=O) groups is 1. The summed E-state index contributed by atoms with van der Waals surface area (Å²) in [5, 5.41) is 6.46. The lowest BCUT2D eigenvalue weighted by Gasteiger charge is -2.25. The van der Waals surface area contributed by atoms with Gasteiger partial charge in [0.25, 0.3) is 0 Å². The molecular formula is C19H22N2O2. The fraction of sp³-hybridized carbons (Fsp3) is 0.316. The minimum atomic E-state index is -0.367. The highest BCUT2D eigenvalue weighted by Crippen LogP contribution is 2.32. The number of amides is 1. The van der Waals surface area contributed by atoms with Crippen LogP contribution in [0.25, 0.3) is 0 Å². The molecule has 0 spiro atoms. The summed E-state index contributed by atoms with van der Waals surface area (Å²) >= 11 is 0. The highest BCUT2D eigenvalue weighted by Gasteiger charge is 2.33. The van der Waals surface area contributed by atoms with Gasteiger partial charge in [-0.3, -0.25) is 0 Å². The van der Waals surface area contributed by atoms with E-state index in [1.165, 1.54) is 18.2 Å². The first-order chi connectivity index (χ1) is 11.3. The summed E-state index contributed by atoms with van der Waals surface area (Å²) in [5.74, 6) is 0.266. The van der Waals surface area contributed by atoms with Crippen LogP contribution in [0.3, 0.4) is 0 Å². The Bertz CT molecular complexity index is 591. The first kappa shape index (κ1) is 15.6. The second-order valence-corrected chi connectivity index (χ2v) is 5.88. The van der Waals surface area contributed by atoms with Crippen LogP contribution in [-0.2, 0) is 4.74 Å². The number of benzene rings is 2. The molecule has 4 nitrogen and oxygen atoms in total. The molecule has 0 aliphatic carbocycles. The van der Waals surface area contributed by atoms with Gasteiger partial charge in [-0.05, 0) is 17.5 Å². The molecule has 1 heterocycles. The molecular weight excluding hydrogens is 288 g/mol. The average Bonchev–Trinajstić information content (AvgIpc) is 3.05. The zero-order valence-corrected chi connectivity index (χ0v) is 13.2. The van der Waals surface area contributed by atoms with Crippen LogP contribution in [0.15, 0.2) is 60.7 Å². The molecule has 3 rings (SSSR count). The molecule has 0 radical (unpaired) electrons. The van der Waals surface area contributed by atoms with E-state index in [9.17, 15) is 4.79 Å². The van der Waals surface area contributed by atoms with E-state index in [1.807, 2.05) is 12.1 Å². The molecule has 1 saturated heterocycles. The molecule has 2 atom stereocenters. The predicted octanol–water partition coefficient (Wildman–Crippen LogP) is 2.91. The van der Waals surface area contributed by atoms with Crippen LogP contribution in [0.1, 0.15) is 23.5 Å². The second kappa shape index (κ2) is 7.29. The van der Waals surface area contributed by atoms with Crippen molar-refractivity contribution in [2.24, 2.45) is 0 Å². The van der Waals surface area contributed by atoms with E-state index >= 15 is 0 Å². The summed E-state index contributed by atoms with van der Waals surface area (Å²) < 4.78 is 4.70. The van der Waals surface area contributed by atoms with Gasteiger partial charge < -0.3 is 15.4 Å². The molecule has 120 valence electrons. The third-order valence-corrected chi connectivity index (χ3v) is 4.39. The molecule has 2 unspecified atom stereocenters. The molecule has 1 amide bonds. The maximum atomic E-state index is 11.4. The minimum absolute atomic E-state index is 0.0994. The maximum absolute atomic E-state index is 11.4. The summed E-state index contributed by atoms with van der Waals surface area (Å²) in [5.41, 5.74) is 2.57. The van der Waals surface area contributed by atoms with E-state index in [-0.39, 0.29) is 24.1 Å². The topological polar surface area (TPSA) is 50.4 Å². The first-order valence-corrected chi connectivity index (χ1v) is 7.95.